The van der Waals surface area contributed by atoms with Gasteiger partial charge in [0.1, 0.15) is 11.6 Å². The predicted octanol–water partition coefficient (Wildman–Crippen LogP) is 3.72. The highest BCUT2D eigenvalue weighted by atomic mass is 79.9. The molecule has 0 spiro atoms. The highest BCUT2D eigenvalue weighted by molar-refractivity contribution is 9.10. The number of hydrogen-bond donors (Lipinski definition) is 0. The molecule has 3 heteroatoms. The van der Waals surface area contributed by atoms with Gasteiger partial charge in [-0.05, 0) is 33.5 Å². The van der Waals surface area contributed by atoms with Crippen LogP contribution < -0.4 is 4.74 Å². The molecule has 0 saturated heterocycles. The molecule has 1 unspecified atom stereocenters. The molecule has 1 aromatic carbocycles. The summed E-state index contributed by atoms with van der Waals surface area (Å²) < 4.78 is 19.1. The summed E-state index contributed by atoms with van der Waals surface area (Å²) in [4.78, 5) is 0. The van der Waals surface area contributed by atoms with Gasteiger partial charge in [0.05, 0.1) is 11.6 Å². The number of halogens is 2. The molecular formula is C10H12BrFO. The standard InChI is InChI=1S/C10H12BrFO/c1-6(2)7-4-8(11)10(13-3)5-9(7)12/h4-6H,1-3H3/i1+1,6+1. The quantitative estimate of drug-likeness (QED) is 0.726. The Kier molecular flexibility index (Phi) is 3.31. The van der Waals surface area contributed by atoms with Gasteiger partial charge in [-0.3, -0.25) is 0 Å². The minimum absolute atomic E-state index is 0.183. The highest BCUT2D eigenvalue weighted by Gasteiger charge is 2.10. The van der Waals surface area contributed by atoms with E-state index in [-0.39, 0.29) is 11.7 Å². The maximum atomic E-state index is 13.4. The average molecular weight is 249 g/mol. The molecule has 1 nitrogen and oxygen atoms in total. The van der Waals surface area contributed by atoms with Gasteiger partial charge in [-0.2, -0.15) is 0 Å². The van der Waals surface area contributed by atoms with Crippen molar-refractivity contribution >= 4 is 15.9 Å². The molecule has 0 aliphatic heterocycles. The van der Waals surface area contributed by atoms with Gasteiger partial charge in [-0.25, -0.2) is 4.39 Å². The van der Waals surface area contributed by atoms with Crippen LogP contribution in [0, 0.1) is 5.82 Å². The molecule has 0 radical (unpaired) electrons. The minimum atomic E-state index is -0.213. The molecule has 0 aromatic heterocycles. The number of rotatable bonds is 2. The van der Waals surface area contributed by atoms with Crippen LogP contribution >= 0.6 is 15.9 Å². The lowest BCUT2D eigenvalue weighted by Crippen LogP contribution is -1.95. The first-order valence-electron chi connectivity index (χ1n) is 4.09. The lowest BCUT2D eigenvalue weighted by molar-refractivity contribution is 0.407. The minimum Gasteiger partial charge on any atom is -0.495 e. The van der Waals surface area contributed by atoms with Crippen molar-refractivity contribution in [3.05, 3.63) is 28.0 Å². The first-order valence-corrected chi connectivity index (χ1v) is 4.88. The van der Waals surface area contributed by atoms with E-state index in [9.17, 15) is 4.39 Å². The average Bonchev–Trinajstić information content (AvgIpc) is 2.07. The van der Waals surface area contributed by atoms with E-state index in [2.05, 4.69) is 15.9 Å². The number of ether oxygens (including phenoxy) is 1. The molecule has 72 valence electrons. The zero-order chi connectivity index (χ0) is 10.0. The van der Waals surface area contributed by atoms with Crippen LogP contribution in [0.3, 0.4) is 0 Å². The number of methoxy groups -OCH3 is 1. The van der Waals surface area contributed by atoms with Crippen molar-refractivity contribution in [3.63, 3.8) is 0 Å². The van der Waals surface area contributed by atoms with Crippen molar-refractivity contribution in [2.75, 3.05) is 7.11 Å². The summed E-state index contributed by atoms with van der Waals surface area (Å²) in [5.74, 6) is 0.499. The summed E-state index contributed by atoms with van der Waals surface area (Å²) in [6, 6.07) is 3.16. The van der Waals surface area contributed by atoms with Crippen LogP contribution in [0.4, 0.5) is 4.39 Å². The lowest BCUT2D eigenvalue weighted by Gasteiger charge is -2.10. The van der Waals surface area contributed by atoms with Gasteiger partial charge >= 0.3 is 0 Å². The fourth-order valence-corrected chi connectivity index (χ4v) is 1.67. The van der Waals surface area contributed by atoms with Gasteiger partial charge in [0, 0.05) is 6.07 Å². The van der Waals surface area contributed by atoms with Crippen LogP contribution in [0.15, 0.2) is 16.6 Å². The molecule has 0 fully saturated rings. The van der Waals surface area contributed by atoms with Crippen molar-refractivity contribution in [1.29, 1.82) is 0 Å². The predicted molar refractivity (Wildman–Crippen MR) is 54.7 cm³/mol. The molecule has 0 amide bonds. The normalized spacial score (nSPS) is 12.7. The first-order chi connectivity index (χ1) is 6.06. The molecule has 0 saturated carbocycles. The molecule has 0 aliphatic carbocycles. The van der Waals surface area contributed by atoms with Crippen LogP contribution in [0.1, 0.15) is 25.3 Å². The second-order valence-corrected chi connectivity index (χ2v) is 4.02. The third-order valence-corrected chi connectivity index (χ3v) is 2.51. The Morgan fingerprint density at radius 2 is 2.00 bits per heavy atom. The Morgan fingerprint density at radius 1 is 1.38 bits per heavy atom. The Morgan fingerprint density at radius 3 is 2.46 bits per heavy atom. The van der Waals surface area contributed by atoms with E-state index >= 15 is 0 Å². The van der Waals surface area contributed by atoms with Gasteiger partial charge in [0.25, 0.3) is 0 Å². The number of benzene rings is 1. The Labute approximate surface area is 86.0 Å². The Hall–Kier alpha value is -0.570. The molecule has 0 aliphatic rings. The molecule has 0 bridgehead atoms. The summed E-state index contributed by atoms with van der Waals surface area (Å²) in [5, 5.41) is 0. The first kappa shape index (κ1) is 10.5. The molecule has 13 heavy (non-hydrogen) atoms. The summed E-state index contributed by atoms with van der Waals surface area (Å²) in [6.07, 6.45) is 0. The second-order valence-electron chi connectivity index (χ2n) is 3.16. The molecule has 1 rings (SSSR count). The Balaban J connectivity index is 3.20. The van der Waals surface area contributed by atoms with Crippen LogP contribution in [-0.4, -0.2) is 7.11 Å². The third-order valence-electron chi connectivity index (χ3n) is 1.89. The summed E-state index contributed by atoms with van der Waals surface area (Å²) >= 11 is 3.32. The van der Waals surface area contributed by atoms with Gasteiger partial charge in [-0.15, -0.1) is 0 Å². The van der Waals surface area contributed by atoms with Crippen LogP contribution in [0.5, 0.6) is 5.75 Å². The molecule has 0 heterocycles. The van der Waals surface area contributed by atoms with E-state index in [1.807, 2.05) is 13.8 Å². The van der Waals surface area contributed by atoms with E-state index in [4.69, 9.17) is 4.74 Å². The summed E-state index contributed by atoms with van der Waals surface area (Å²) in [7, 11) is 1.52. The maximum absolute atomic E-state index is 13.4. The highest BCUT2D eigenvalue weighted by Crippen LogP contribution is 2.30. The maximum Gasteiger partial charge on any atom is 0.135 e. The summed E-state index contributed by atoms with van der Waals surface area (Å²) in [5.41, 5.74) is 0.702. The molecular weight excluding hydrogens is 237 g/mol. The van der Waals surface area contributed by atoms with Gasteiger partial charge in [-0.1, -0.05) is 13.8 Å². The van der Waals surface area contributed by atoms with Crippen LogP contribution in [0.25, 0.3) is 0 Å². The fourth-order valence-electron chi connectivity index (χ4n) is 1.14. The topological polar surface area (TPSA) is 9.23 Å². The van der Waals surface area contributed by atoms with Crippen molar-refractivity contribution in [1.82, 2.24) is 0 Å². The van der Waals surface area contributed by atoms with Gasteiger partial charge in [0.15, 0.2) is 0 Å². The lowest BCUT2D eigenvalue weighted by atomic mass is 10.2. The van der Waals surface area contributed by atoms with E-state index in [0.717, 1.165) is 4.47 Å². The van der Waals surface area contributed by atoms with Crippen molar-refractivity contribution in [3.8, 4) is 5.75 Å². The van der Waals surface area contributed by atoms with Crippen molar-refractivity contribution in [2.45, 2.75) is 19.8 Å². The van der Waals surface area contributed by atoms with Crippen molar-refractivity contribution in [2.24, 2.45) is 0 Å². The van der Waals surface area contributed by atoms with E-state index < -0.39 is 0 Å². The molecule has 1 aromatic rings. The van der Waals surface area contributed by atoms with Crippen LogP contribution in [-0.2, 0) is 0 Å². The molecule has 1 atom stereocenters. The largest absolute Gasteiger partial charge is 0.495 e. The zero-order valence-electron chi connectivity index (χ0n) is 7.90. The number of hydrogen-bond acceptors (Lipinski definition) is 1. The molecule has 0 N–H and O–H groups in total. The Bertz CT molecular complexity index is 310. The monoisotopic (exact) mass is 248 g/mol. The second kappa shape index (κ2) is 4.09. The van der Waals surface area contributed by atoms with Gasteiger partial charge in [0.2, 0.25) is 0 Å². The SMILES string of the molecule is COc1cc(F)c([13CH](C)[13CH3])cc1Br. The third kappa shape index (κ3) is 2.21. The zero-order valence-corrected chi connectivity index (χ0v) is 9.48. The van der Waals surface area contributed by atoms with Crippen molar-refractivity contribution < 1.29 is 9.13 Å². The van der Waals surface area contributed by atoms with E-state index in [1.165, 1.54) is 13.2 Å². The smallest absolute Gasteiger partial charge is 0.135 e. The van der Waals surface area contributed by atoms with E-state index in [0.29, 0.717) is 11.3 Å². The summed E-state index contributed by atoms with van der Waals surface area (Å²) in [6.45, 7) is 3.91. The van der Waals surface area contributed by atoms with Gasteiger partial charge < -0.3 is 4.74 Å². The fraction of sp³-hybridized carbons (Fsp3) is 0.400. The van der Waals surface area contributed by atoms with E-state index in [1.54, 1.807) is 6.07 Å². The van der Waals surface area contributed by atoms with Crippen LogP contribution in [0.2, 0.25) is 0 Å².